The minimum Gasteiger partial charge on any atom is -0.356 e. The first kappa shape index (κ1) is 20.0. The molecule has 7 heteroatoms. The van der Waals surface area contributed by atoms with Gasteiger partial charge in [0.05, 0.1) is 22.6 Å². The van der Waals surface area contributed by atoms with Crippen molar-refractivity contribution in [2.75, 3.05) is 24.2 Å². The normalized spacial score (nSPS) is 26.1. The Morgan fingerprint density at radius 3 is 2.93 bits per heavy atom. The minimum absolute atomic E-state index is 0.142. The molecule has 1 aromatic heterocycles. The van der Waals surface area contributed by atoms with Gasteiger partial charge < -0.3 is 4.90 Å². The van der Waals surface area contributed by atoms with Crippen LogP contribution in [-0.4, -0.2) is 33.5 Å². The molecule has 0 saturated heterocycles. The van der Waals surface area contributed by atoms with E-state index in [1.54, 1.807) is 6.26 Å². The lowest BCUT2D eigenvalue weighted by atomic mass is 9.81. The van der Waals surface area contributed by atoms with Gasteiger partial charge in [0.15, 0.2) is 0 Å². The second-order valence-electron chi connectivity index (χ2n) is 8.58. The molecule has 1 fully saturated rings. The predicted octanol–water partition coefficient (Wildman–Crippen LogP) is 4.15. The number of fused-ring (bicyclic) bond motifs is 4. The van der Waals surface area contributed by atoms with Crippen LogP contribution >= 0.6 is 11.6 Å². The number of nitrogens with zero attached hydrogens (tertiary/aromatic N) is 4. The molecule has 0 radical (unpaired) electrons. The van der Waals surface area contributed by atoms with Crippen LogP contribution in [-0.2, 0) is 29.1 Å². The third-order valence-electron chi connectivity index (χ3n) is 7.29. The molecule has 1 saturated carbocycles. The Kier molecular flexibility index (Phi) is 4.87. The van der Waals surface area contributed by atoms with E-state index in [-0.39, 0.29) is 5.41 Å². The molecule has 0 amide bonds. The van der Waals surface area contributed by atoms with Crippen molar-refractivity contribution < 1.29 is 4.21 Å². The second kappa shape index (κ2) is 7.32. The molecular formula is C23H25ClN4OS. The van der Waals surface area contributed by atoms with Gasteiger partial charge >= 0.3 is 0 Å². The lowest BCUT2D eigenvalue weighted by Crippen LogP contribution is -2.29. The van der Waals surface area contributed by atoms with Crippen LogP contribution in [0.25, 0.3) is 0 Å². The number of hydrogen-bond donors (Lipinski definition) is 0. The van der Waals surface area contributed by atoms with Gasteiger partial charge in [-0.3, -0.25) is 4.21 Å². The third-order valence-corrected chi connectivity index (χ3v) is 8.34. The molecule has 30 heavy (non-hydrogen) atoms. The molecule has 5 rings (SSSR count). The fourth-order valence-electron chi connectivity index (χ4n) is 5.97. The van der Waals surface area contributed by atoms with E-state index < -0.39 is 10.8 Å². The molecule has 4 atom stereocenters. The second-order valence-corrected chi connectivity index (χ2v) is 10.3. The summed E-state index contributed by atoms with van der Waals surface area (Å²) in [6.45, 7) is 3.70. The highest BCUT2D eigenvalue weighted by Gasteiger charge is 2.71. The summed E-state index contributed by atoms with van der Waals surface area (Å²) in [4.78, 5) is 11.8. The molecule has 3 aliphatic rings. The Morgan fingerprint density at radius 1 is 1.37 bits per heavy atom. The zero-order chi connectivity index (χ0) is 21.0. The van der Waals surface area contributed by atoms with Gasteiger partial charge in [-0.2, -0.15) is 5.26 Å². The predicted molar refractivity (Wildman–Crippen MR) is 118 cm³/mol. The van der Waals surface area contributed by atoms with Gasteiger partial charge in [-0.25, -0.2) is 9.97 Å². The number of halogens is 1. The maximum Gasteiger partial charge on any atom is 0.220 e. The van der Waals surface area contributed by atoms with Crippen LogP contribution in [0.15, 0.2) is 23.4 Å². The molecule has 3 aliphatic carbocycles. The average Bonchev–Trinajstić information content (AvgIpc) is 3.29. The van der Waals surface area contributed by atoms with Gasteiger partial charge in [0.1, 0.15) is 5.82 Å². The molecular weight excluding hydrogens is 416 g/mol. The van der Waals surface area contributed by atoms with Crippen molar-refractivity contribution in [1.29, 1.82) is 5.26 Å². The maximum atomic E-state index is 12.4. The molecule has 1 heterocycles. The Morgan fingerprint density at radius 2 is 2.20 bits per heavy atom. The van der Waals surface area contributed by atoms with Crippen molar-refractivity contribution >= 4 is 28.2 Å². The smallest absolute Gasteiger partial charge is 0.220 e. The van der Waals surface area contributed by atoms with E-state index in [0.717, 1.165) is 55.3 Å². The number of benzene rings is 1. The van der Waals surface area contributed by atoms with Crippen molar-refractivity contribution in [3.63, 3.8) is 0 Å². The van der Waals surface area contributed by atoms with Crippen molar-refractivity contribution in [2.45, 2.75) is 55.5 Å². The van der Waals surface area contributed by atoms with Gasteiger partial charge in [-0.15, -0.1) is 0 Å². The van der Waals surface area contributed by atoms with Crippen molar-refractivity contribution in [3.8, 4) is 6.07 Å². The summed E-state index contributed by atoms with van der Waals surface area (Å²) in [7, 11) is -1.24. The van der Waals surface area contributed by atoms with Crippen LogP contribution in [0.4, 0.5) is 5.82 Å². The zero-order valence-electron chi connectivity index (χ0n) is 17.3. The highest BCUT2D eigenvalue weighted by atomic mass is 35.5. The number of unbranched alkanes of at least 4 members (excludes halogenated alkanes) is 1. The van der Waals surface area contributed by atoms with Gasteiger partial charge in [0.25, 0.3) is 0 Å². The fraction of sp³-hybridized carbons (Fsp3) is 0.522. The molecule has 156 valence electrons. The first-order valence-corrected chi connectivity index (χ1v) is 12.6. The number of rotatable bonds is 6. The fourth-order valence-corrected chi connectivity index (χ4v) is 6.66. The molecule has 0 bridgehead atoms. The van der Waals surface area contributed by atoms with E-state index in [4.69, 9.17) is 26.8 Å². The molecule has 2 aromatic rings. The molecule has 5 nitrogen and oxygen atoms in total. The van der Waals surface area contributed by atoms with Crippen LogP contribution in [0, 0.1) is 17.2 Å². The van der Waals surface area contributed by atoms with Crippen LogP contribution < -0.4 is 4.90 Å². The highest BCUT2D eigenvalue weighted by molar-refractivity contribution is 7.84. The van der Waals surface area contributed by atoms with E-state index in [2.05, 4.69) is 30.0 Å². The standard InChI is InChI=1S/C23H25ClN4OS/c1-3-28(12-5-4-11-25)21-14-9-10-23-16-7-6-8-18(24)15(16)13-17(23)19(23)20(14)26-22(27-21)30(2)29/h6-8,17,19H,3-5,9-10,12-13H2,1-2H3/t17?,19?,23-,30?/m1/s1. The SMILES string of the molecule is CCN(CCCC#N)c1nc(S(C)=O)nc2c1CC[C@@]13c4cccc(Cl)c4CC1C23. The summed E-state index contributed by atoms with van der Waals surface area (Å²) in [5.41, 5.74) is 5.17. The van der Waals surface area contributed by atoms with E-state index in [1.807, 2.05) is 6.07 Å². The first-order chi connectivity index (χ1) is 14.5. The monoisotopic (exact) mass is 440 g/mol. The quantitative estimate of drug-likeness (QED) is 0.498. The Labute approximate surface area is 184 Å². The molecule has 1 aromatic carbocycles. The first-order valence-electron chi connectivity index (χ1n) is 10.7. The lowest BCUT2D eigenvalue weighted by Gasteiger charge is -2.30. The largest absolute Gasteiger partial charge is 0.356 e. The highest BCUT2D eigenvalue weighted by Crippen LogP contribution is 2.75. The van der Waals surface area contributed by atoms with Crippen molar-refractivity contribution in [1.82, 2.24) is 9.97 Å². The molecule has 0 aliphatic heterocycles. The average molecular weight is 441 g/mol. The van der Waals surface area contributed by atoms with Gasteiger partial charge in [0, 0.05) is 47.7 Å². The third kappa shape index (κ3) is 2.75. The van der Waals surface area contributed by atoms with Gasteiger partial charge in [0.2, 0.25) is 5.16 Å². The summed E-state index contributed by atoms with van der Waals surface area (Å²) in [5.74, 6) is 1.83. The Balaban J connectivity index is 1.58. The Hall–Kier alpha value is -1.97. The van der Waals surface area contributed by atoms with Crippen LogP contribution in [0.5, 0.6) is 0 Å². The van der Waals surface area contributed by atoms with Crippen LogP contribution in [0.3, 0.4) is 0 Å². The number of anilines is 1. The summed E-state index contributed by atoms with van der Waals surface area (Å²) in [6.07, 6.45) is 6.00. The number of hydrogen-bond acceptors (Lipinski definition) is 5. The van der Waals surface area contributed by atoms with Crippen LogP contribution in [0.2, 0.25) is 5.02 Å². The number of nitriles is 1. The van der Waals surface area contributed by atoms with Gasteiger partial charge in [-0.05, 0) is 55.7 Å². The molecule has 1 spiro atoms. The van der Waals surface area contributed by atoms with Gasteiger partial charge in [-0.1, -0.05) is 23.7 Å². The van der Waals surface area contributed by atoms with E-state index >= 15 is 0 Å². The zero-order valence-corrected chi connectivity index (χ0v) is 18.9. The van der Waals surface area contributed by atoms with E-state index in [0.29, 0.717) is 23.4 Å². The van der Waals surface area contributed by atoms with E-state index in [9.17, 15) is 4.21 Å². The van der Waals surface area contributed by atoms with Crippen molar-refractivity contribution in [2.24, 2.45) is 5.92 Å². The van der Waals surface area contributed by atoms with Crippen molar-refractivity contribution in [3.05, 3.63) is 45.6 Å². The lowest BCUT2D eigenvalue weighted by molar-refractivity contribution is 0.547. The topological polar surface area (TPSA) is 69.9 Å². The van der Waals surface area contributed by atoms with E-state index in [1.165, 1.54) is 16.7 Å². The Bertz CT molecular complexity index is 1100. The number of aromatic nitrogens is 2. The molecule has 0 N–H and O–H groups in total. The minimum atomic E-state index is -1.24. The van der Waals surface area contributed by atoms with Crippen LogP contribution in [0.1, 0.15) is 54.5 Å². The maximum absolute atomic E-state index is 12.4. The summed E-state index contributed by atoms with van der Waals surface area (Å²) >= 11 is 6.50. The summed E-state index contributed by atoms with van der Waals surface area (Å²) in [6, 6.07) is 8.53. The summed E-state index contributed by atoms with van der Waals surface area (Å²) in [5, 5.41) is 10.2. The molecule has 3 unspecified atom stereocenters. The summed E-state index contributed by atoms with van der Waals surface area (Å²) < 4.78 is 12.4.